The van der Waals surface area contributed by atoms with Gasteiger partial charge in [-0.05, 0) is 43.5 Å². The second kappa shape index (κ2) is 10.2. The lowest BCUT2D eigenvalue weighted by atomic mass is 10.1. The molecule has 0 bridgehead atoms. The van der Waals surface area contributed by atoms with Crippen molar-refractivity contribution in [2.75, 3.05) is 6.61 Å². The van der Waals surface area contributed by atoms with E-state index in [0.29, 0.717) is 24.3 Å². The summed E-state index contributed by atoms with van der Waals surface area (Å²) in [5, 5.41) is 8.20. The maximum atomic E-state index is 5.80. The number of hydrogen-bond donors (Lipinski definition) is 0. The second-order valence-corrected chi connectivity index (χ2v) is 7.91. The standard InChI is InChI=1S/C26H28N4O2/c1-4-31-26-24(27-21-14-8-9-15-22(21)28-26)20-13-10-12-19(17-20)11-6-5-7-16-23-29-30-25(32-23)18(2)3/h6,8-15,17-18H,4-5,7,16H2,1-3H3/b11-6+. The average Bonchev–Trinajstić information content (AvgIpc) is 3.28. The molecule has 0 atom stereocenters. The molecule has 164 valence electrons. The molecule has 2 aromatic heterocycles. The Balaban J connectivity index is 1.45. The molecule has 0 aliphatic carbocycles. The zero-order valence-electron chi connectivity index (χ0n) is 18.8. The minimum atomic E-state index is 0.263. The fraction of sp³-hybridized carbons (Fsp3) is 0.308. The second-order valence-electron chi connectivity index (χ2n) is 7.91. The number of allylic oxidation sites excluding steroid dienone is 1. The summed E-state index contributed by atoms with van der Waals surface area (Å²) < 4.78 is 11.5. The number of nitrogens with zero attached hydrogens (tertiary/aromatic N) is 4. The van der Waals surface area contributed by atoms with E-state index in [0.717, 1.165) is 47.1 Å². The molecular weight excluding hydrogens is 400 g/mol. The number of fused-ring (bicyclic) bond motifs is 1. The summed E-state index contributed by atoms with van der Waals surface area (Å²) in [4.78, 5) is 9.50. The van der Waals surface area contributed by atoms with E-state index < -0.39 is 0 Å². The van der Waals surface area contributed by atoms with E-state index >= 15 is 0 Å². The molecule has 0 spiro atoms. The van der Waals surface area contributed by atoms with Crippen LogP contribution < -0.4 is 4.74 Å². The predicted octanol–water partition coefficient (Wildman–Crippen LogP) is 6.24. The van der Waals surface area contributed by atoms with E-state index in [9.17, 15) is 0 Å². The first-order valence-electron chi connectivity index (χ1n) is 11.1. The van der Waals surface area contributed by atoms with Gasteiger partial charge in [0.1, 0.15) is 5.69 Å². The number of rotatable bonds is 9. The van der Waals surface area contributed by atoms with Crippen LogP contribution in [0.15, 0.2) is 59.0 Å². The van der Waals surface area contributed by atoms with Crippen LogP contribution in [-0.2, 0) is 6.42 Å². The number of unbranched alkanes of at least 4 members (excludes halogenated alkanes) is 1. The Kier molecular flexibility index (Phi) is 6.90. The highest BCUT2D eigenvalue weighted by Gasteiger charge is 2.12. The molecule has 6 heteroatoms. The fourth-order valence-corrected chi connectivity index (χ4v) is 3.39. The van der Waals surface area contributed by atoms with E-state index in [1.165, 1.54) is 0 Å². The maximum absolute atomic E-state index is 5.80. The lowest BCUT2D eigenvalue weighted by Crippen LogP contribution is -2.00. The van der Waals surface area contributed by atoms with Crippen molar-refractivity contribution >= 4 is 17.1 Å². The number of aryl methyl sites for hydroxylation is 1. The van der Waals surface area contributed by atoms with Crippen LogP contribution in [0.3, 0.4) is 0 Å². The Bertz CT molecular complexity index is 1210. The van der Waals surface area contributed by atoms with Gasteiger partial charge in [-0.15, -0.1) is 10.2 Å². The van der Waals surface area contributed by atoms with Crippen molar-refractivity contribution in [3.63, 3.8) is 0 Å². The minimum Gasteiger partial charge on any atom is -0.476 e. The van der Waals surface area contributed by atoms with Gasteiger partial charge >= 0.3 is 0 Å². The normalized spacial score (nSPS) is 11.6. The van der Waals surface area contributed by atoms with Crippen molar-refractivity contribution < 1.29 is 9.15 Å². The van der Waals surface area contributed by atoms with Gasteiger partial charge in [-0.3, -0.25) is 0 Å². The number of para-hydroxylation sites is 2. The Labute approximate surface area is 188 Å². The van der Waals surface area contributed by atoms with E-state index in [1.54, 1.807) is 0 Å². The third kappa shape index (κ3) is 5.19. The quantitative estimate of drug-likeness (QED) is 0.294. The van der Waals surface area contributed by atoms with Gasteiger partial charge in [-0.1, -0.05) is 56.3 Å². The number of hydrogen-bond acceptors (Lipinski definition) is 6. The molecule has 32 heavy (non-hydrogen) atoms. The van der Waals surface area contributed by atoms with Crippen LogP contribution in [0.1, 0.15) is 56.9 Å². The Morgan fingerprint density at radius 3 is 2.56 bits per heavy atom. The molecule has 0 saturated heterocycles. The van der Waals surface area contributed by atoms with Gasteiger partial charge in [0.15, 0.2) is 0 Å². The Hall–Kier alpha value is -3.54. The van der Waals surface area contributed by atoms with Crippen molar-refractivity contribution in [1.29, 1.82) is 0 Å². The highest BCUT2D eigenvalue weighted by molar-refractivity contribution is 5.80. The molecule has 4 aromatic rings. The largest absolute Gasteiger partial charge is 0.476 e. The minimum absolute atomic E-state index is 0.263. The SMILES string of the molecule is CCOc1nc2ccccc2nc1-c1cccc(/C=C/CCCc2nnc(C(C)C)o2)c1. The van der Waals surface area contributed by atoms with E-state index in [-0.39, 0.29) is 5.92 Å². The van der Waals surface area contributed by atoms with Crippen LogP contribution >= 0.6 is 0 Å². The summed E-state index contributed by atoms with van der Waals surface area (Å²) >= 11 is 0. The monoisotopic (exact) mass is 428 g/mol. The fourth-order valence-electron chi connectivity index (χ4n) is 3.39. The molecule has 0 aliphatic heterocycles. The van der Waals surface area contributed by atoms with Crippen molar-refractivity contribution in [2.24, 2.45) is 0 Å². The van der Waals surface area contributed by atoms with Crippen LogP contribution in [0.2, 0.25) is 0 Å². The molecule has 6 nitrogen and oxygen atoms in total. The first kappa shape index (κ1) is 21.7. The molecule has 0 aliphatic rings. The first-order chi connectivity index (χ1) is 15.6. The molecule has 2 aromatic carbocycles. The van der Waals surface area contributed by atoms with E-state index in [1.807, 2.05) is 43.3 Å². The van der Waals surface area contributed by atoms with E-state index in [4.69, 9.17) is 14.1 Å². The van der Waals surface area contributed by atoms with Gasteiger partial charge in [0.2, 0.25) is 17.7 Å². The van der Waals surface area contributed by atoms with Crippen molar-refractivity contribution in [3.8, 4) is 17.1 Å². The molecule has 0 amide bonds. The number of aromatic nitrogens is 4. The van der Waals surface area contributed by atoms with Gasteiger partial charge in [0, 0.05) is 17.9 Å². The third-order valence-corrected chi connectivity index (χ3v) is 5.03. The summed E-state index contributed by atoms with van der Waals surface area (Å²) in [6, 6.07) is 16.1. The van der Waals surface area contributed by atoms with Gasteiger partial charge < -0.3 is 9.15 Å². The summed E-state index contributed by atoms with van der Waals surface area (Å²) in [5.41, 5.74) is 4.55. The van der Waals surface area contributed by atoms with Gasteiger partial charge in [-0.25, -0.2) is 9.97 Å². The summed E-state index contributed by atoms with van der Waals surface area (Å²) in [5.74, 6) is 2.24. The van der Waals surface area contributed by atoms with Crippen LogP contribution in [0, 0.1) is 0 Å². The van der Waals surface area contributed by atoms with Gasteiger partial charge in [0.25, 0.3) is 0 Å². The lowest BCUT2D eigenvalue weighted by molar-refractivity contribution is 0.328. The molecule has 0 saturated carbocycles. The van der Waals surface area contributed by atoms with Crippen molar-refractivity contribution in [2.45, 2.75) is 46.0 Å². The summed E-state index contributed by atoms with van der Waals surface area (Å²) in [7, 11) is 0. The number of ether oxygens (including phenoxy) is 1. The third-order valence-electron chi connectivity index (χ3n) is 5.03. The molecule has 0 fully saturated rings. The number of benzene rings is 2. The van der Waals surface area contributed by atoms with Crippen LogP contribution in [0.25, 0.3) is 28.4 Å². The molecular formula is C26H28N4O2. The molecule has 4 rings (SSSR count). The molecule has 0 unspecified atom stereocenters. The predicted molar refractivity (Wildman–Crippen MR) is 127 cm³/mol. The zero-order chi connectivity index (χ0) is 22.3. The van der Waals surface area contributed by atoms with E-state index in [2.05, 4.69) is 53.3 Å². The zero-order valence-corrected chi connectivity index (χ0v) is 18.8. The van der Waals surface area contributed by atoms with Crippen LogP contribution in [-0.4, -0.2) is 26.8 Å². The topological polar surface area (TPSA) is 73.9 Å². The maximum Gasteiger partial charge on any atom is 0.241 e. The molecule has 2 heterocycles. The van der Waals surface area contributed by atoms with Gasteiger partial charge in [-0.2, -0.15) is 0 Å². The van der Waals surface area contributed by atoms with Crippen LogP contribution in [0.4, 0.5) is 0 Å². The summed E-state index contributed by atoms with van der Waals surface area (Å²) in [6.07, 6.45) is 6.98. The highest BCUT2D eigenvalue weighted by Crippen LogP contribution is 2.29. The first-order valence-corrected chi connectivity index (χ1v) is 11.1. The van der Waals surface area contributed by atoms with Crippen molar-refractivity contribution in [3.05, 3.63) is 72.0 Å². The average molecular weight is 429 g/mol. The smallest absolute Gasteiger partial charge is 0.241 e. The van der Waals surface area contributed by atoms with Gasteiger partial charge in [0.05, 0.1) is 17.6 Å². The Morgan fingerprint density at radius 2 is 1.81 bits per heavy atom. The van der Waals surface area contributed by atoms with Crippen LogP contribution in [0.5, 0.6) is 5.88 Å². The van der Waals surface area contributed by atoms with Crippen molar-refractivity contribution in [1.82, 2.24) is 20.2 Å². The summed E-state index contributed by atoms with van der Waals surface area (Å²) in [6.45, 7) is 6.60. The highest BCUT2D eigenvalue weighted by atomic mass is 16.5. The Morgan fingerprint density at radius 1 is 1.00 bits per heavy atom. The lowest BCUT2D eigenvalue weighted by Gasteiger charge is -2.10. The molecule has 0 radical (unpaired) electrons. The molecule has 0 N–H and O–H groups in total.